The summed E-state index contributed by atoms with van der Waals surface area (Å²) < 4.78 is 51.2. The zero-order chi connectivity index (χ0) is 16.4. The van der Waals surface area contributed by atoms with E-state index in [0.717, 1.165) is 6.07 Å². The molecule has 2 aromatic rings. The Hall–Kier alpha value is -1.84. The van der Waals surface area contributed by atoms with Crippen molar-refractivity contribution in [3.05, 3.63) is 41.8 Å². The first-order chi connectivity index (χ1) is 11.0. The number of aromatic nitrogens is 2. The summed E-state index contributed by atoms with van der Waals surface area (Å²) in [6, 6.07) is 5.24. The molecule has 0 spiro atoms. The summed E-state index contributed by atoms with van der Waals surface area (Å²) in [5.74, 6) is -0.126. The lowest BCUT2D eigenvalue weighted by molar-refractivity contribution is 0.0635. The monoisotopic (exact) mass is 341 g/mol. The van der Waals surface area contributed by atoms with Crippen LogP contribution in [0.5, 0.6) is 0 Å². The molecule has 2 atom stereocenters. The number of ether oxygens (including phenoxy) is 1. The van der Waals surface area contributed by atoms with Crippen LogP contribution in [0, 0.1) is 18.7 Å². The van der Waals surface area contributed by atoms with E-state index in [4.69, 9.17) is 9.26 Å². The van der Waals surface area contributed by atoms with Gasteiger partial charge >= 0.3 is 0 Å². The Morgan fingerprint density at radius 3 is 2.87 bits per heavy atom. The second kappa shape index (κ2) is 6.34. The van der Waals surface area contributed by atoms with E-state index in [1.807, 2.05) is 0 Å². The van der Waals surface area contributed by atoms with Gasteiger partial charge in [0, 0.05) is 19.1 Å². The second-order valence-electron chi connectivity index (χ2n) is 5.30. The molecule has 1 aliphatic rings. The fourth-order valence-corrected chi connectivity index (χ4v) is 3.67. The molecule has 0 amide bonds. The number of benzene rings is 1. The van der Waals surface area contributed by atoms with E-state index in [1.165, 1.54) is 18.2 Å². The Balaban J connectivity index is 1.71. The van der Waals surface area contributed by atoms with Gasteiger partial charge in [0.15, 0.2) is 5.82 Å². The Kier molecular flexibility index (Phi) is 4.42. The maximum absolute atomic E-state index is 13.7. The summed E-state index contributed by atoms with van der Waals surface area (Å²) in [7, 11) is -3.93. The summed E-state index contributed by atoms with van der Waals surface area (Å²) in [5, 5.41) is 3.71. The number of hydrogen-bond acceptors (Lipinski definition) is 6. The average Bonchev–Trinajstić information content (AvgIpc) is 3.14. The maximum Gasteiger partial charge on any atom is 0.256 e. The molecule has 0 aliphatic carbocycles. The summed E-state index contributed by atoms with van der Waals surface area (Å²) >= 11 is 0. The Morgan fingerprint density at radius 1 is 1.39 bits per heavy atom. The number of hydrogen-bond donors (Lipinski definition) is 1. The molecule has 1 aromatic heterocycles. The summed E-state index contributed by atoms with van der Waals surface area (Å²) in [5.41, 5.74) is 0. The lowest BCUT2D eigenvalue weighted by Crippen LogP contribution is -2.31. The predicted molar refractivity (Wildman–Crippen MR) is 77.4 cm³/mol. The van der Waals surface area contributed by atoms with E-state index in [1.54, 1.807) is 6.92 Å². The lowest BCUT2D eigenvalue weighted by Gasteiger charge is -2.16. The van der Waals surface area contributed by atoms with Gasteiger partial charge in [-0.3, -0.25) is 0 Å². The smallest absolute Gasteiger partial charge is 0.256 e. The molecule has 9 heteroatoms. The molecule has 2 heterocycles. The van der Waals surface area contributed by atoms with Crippen LogP contribution < -0.4 is 4.72 Å². The molecule has 0 radical (unpaired) electrons. The van der Waals surface area contributed by atoms with Crippen LogP contribution in [0.25, 0.3) is 0 Å². The van der Waals surface area contributed by atoms with Gasteiger partial charge in [-0.2, -0.15) is 4.98 Å². The van der Waals surface area contributed by atoms with Crippen molar-refractivity contribution in [2.24, 2.45) is 5.92 Å². The third-order valence-electron chi connectivity index (χ3n) is 3.66. The van der Waals surface area contributed by atoms with Crippen LogP contribution in [-0.4, -0.2) is 31.7 Å². The largest absolute Gasteiger partial charge is 0.368 e. The first-order valence-electron chi connectivity index (χ1n) is 7.13. The van der Waals surface area contributed by atoms with Gasteiger partial charge in [-0.1, -0.05) is 17.3 Å². The number of rotatable bonds is 5. The molecular weight excluding hydrogens is 325 g/mol. The zero-order valence-electron chi connectivity index (χ0n) is 12.4. The average molecular weight is 341 g/mol. The maximum atomic E-state index is 13.7. The van der Waals surface area contributed by atoms with E-state index in [2.05, 4.69) is 14.9 Å². The van der Waals surface area contributed by atoms with Crippen molar-refractivity contribution in [2.75, 3.05) is 13.2 Å². The number of halogens is 1. The minimum Gasteiger partial charge on any atom is -0.368 e. The molecule has 7 nitrogen and oxygen atoms in total. The van der Waals surface area contributed by atoms with E-state index >= 15 is 0 Å². The molecule has 124 valence electrons. The van der Waals surface area contributed by atoms with Crippen LogP contribution in [0.2, 0.25) is 0 Å². The van der Waals surface area contributed by atoms with Gasteiger partial charge in [-0.05, 0) is 25.5 Å². The van der Waals surface area contributed by atoms with Gasteiger partial charge in [-0.15, -0.1) is 0 Å². The number of sulfonamides is 1. The van der Waals surface area contributed by atoms with Crippen LogP contribution >= 0.6 is 0 Å². The highest BCUT2D eigenvalue weighted by Crippen LogP contribution is 2.33. The second-order valence-corrected chi connectivity index (χ2v) is 7.04. The number of nitrogens with one attached hydrogen (secondary N) is 1. The highest BCUT2D eigenvalue weighted by molar-refractivity contribution is 7.89. The van der Waals surface area contributed by atoms with Crippen molar-refractivity contribution in [1.29, 1.82) is 0 Å². The predicted octanol–water partition coefficient (Wildman–Crippen LogP) is 1.57. The molecule has 0 saturated carbocycles. The first kappa shape index (κ1) is 16.0. The SMILES string of the molecule is Cc1noc([C@H]2OCC[C@H]2CNS(=O)(=O)c2ccccc2F)n1. The van der Waals surface area contributed by atoms with Crippen molar-refractivity contribution < 1.29 is 22.1 Å². The Morgan fingerprint density at radius 2 is 2.17 bits per heavy atom. The Bertz CT molecular complexity index is 793. The van der Waals surface area contributed by atoms with E-state index < -0.39 is 21.9 Å². The van der Waals surface area contributed by atoms with E-state index in [0.29, 0.717) is 24.7 Å². The standard InChI is InChI=1S/C14H16FN3O4S/c1-9-17-14(22-18-9)13-10(6-7-21-13)8-16-23(19,20)12-5-3-2-4-11(12)15/h2-5,10,13,16H,6-8H2,1H3/t10-,13-/m0/s1. The third kappa shape index (κ3) is 3.41. The van der Waals surface area contributed by atoms with Crippen molar-refractivity contribution >= 4 is 10.0 Å². The fourth-order valence-electron chi connectivity index (χ4n) is 2.50. The molecule has 1 aromatic carbocycles. The first-order valence-corrected chi connectivity index (χ1v) is 8.62. The summed E-state index contributed by atoms with van der Waals surface area (Å²) in [6.07, 6.45) is 0.186. The minimum atomic E-state index is -3.93. The van der Waals surface area contributed by atoms with Crippen LogP contribution in [0.3, 0.4) is 0 Å². The van der Waals surface area contributed by atoms with E-state index in [-0.39, 0.29) is 17.4 Å². The zero-order valence-corrected chi connectivity index (χ0v) is 13.2. The fraction of sp³-hybridized carbons (Fsp3) is 0.429. The molecule has 23 heavy (non-hydrogen) atoms. The summed E-state index contributed by atoms with van der Waals surface area (Å²) in [4.78, 5) is 3.75. The van der Waals surface area contributed by atoms with Crippen LogP contribution in [0.4, 0.5) is 4.39 Å². The molecule has 0 unspecified atom stereocenters. The number of aryl methyl sites for hydroxylation is 1. The molecular formula is C14H16FN3O4S. The van der Waals surface area contributed by atoms with Crippen LogP contribution in [0.1, 0.15) is 24.2 Å². The van der Waals surface area contributed by atoms with Crippen LogP contribution in [0.15, 0.2) is 33.7 Å². The molecule has 1 N–H and O–H groups in total. The van der Waals surface area contributed by atoms with Crippen molar-refractivity contribution in [3.63, 3.8) is 0 Å². The van der Waals surface area contributed by atoms with Gasteiger partial charge in [0.25, 0.3) is 5.89 Å². The van der Waals surface area contributed by atoms with Gasteiger partial charge in [0.1, 0.15) is 16.8 Å². The topological polar surface area (TPSA) is 94.3 Å². The molecule has 0 bridgehead atoms. The lowest BCUT2D eigenvalue weighted by atomic mass is 10.0. The third-order valence-corrected chi connectivity index (χ3v) is 5.12. The normalized spacial score (nSPS) is 21.7. The summed E-state index contributed by atoms with van der Waals surface area (Å²) in [6.45, 7) is 2.26. The van der Waals surface area contributed by atoms with Crippen LogP contribution in [-0.2, 0) is 14.8 Å². The minimum absolute atomic E-state index is 0.1000. The van der Waals surface area contributed by atoms with Gasteiger partial charge in [-0.25, -0.2) is 17.5 Å². The van der Waals surface area contributed by atoms with Gasteiger partial charge in [0.2, 0.25) is 10.0 Å². The van der Waals surface area contributed by atoms with Crippen molar-refractivity contribution in [2.45, 2.75) is 24.3 Å². The van der Waals surface area contributed by atoms with Gasteiger partial charge < -0.3 is 9.26 Å². The van der Waals surface area contributed by atoms with Crippen molar-refractivity contribution in [1.82, 2.24) is 14.9 Å². The molecule has 1 aliphatic heterocycles. The highest BCUT2D eigenvalue weighted by Gasteiger charge is 2.35. The molecule has 3 rings (SSSR count). The highest BCUT2D eigenvalue weighted by atomic mass is 32.2. The molecule has 1 saturated heterocycles. The van der Waals surface area contributed by atoms with Gasteiger partial charge in [0.05, 0.1) is 0 Å². The van der Waals surface area contributed by atoms with E-state index in [9.17, 15) is 12.8 Å². The Labute approximate surface area is 132 Å². The molecule has 1 fully saturated rings. The van der Waals surface area contributed by atoms with Crippen molar-refractivity contribution in [3.8, 4) is 0 Å². The number of nitrogens with zero attached hydrogens (tertiary/aromatic N) is 2. The quantitative estimate of drug-likeness (QED) is 0.887.